The minimum absolute atomic E-state index is 0.206. The predicted molar refractivity (Wildman–Crippen MR) is 87.4 cm³/mol. The Hall–Kier alpha value is -2.28. The number of nitrogens with two attached hydrogens (primary N) is 1. The lowest BCUT2D eigenvalue weighted by Crippen LogP contribution is -2.26. The van der Waals surface area contributed by atoms with Crippen molar-refractivity contribution in [3.05, 3.63) is 47.7 Å². The number of anilines is 2. The summed E-state index contributed by atoms with van der Waals surface area (Å²) in [5.74, 6) is 0.771. The first-order chi connectivity index (χ1) is 10.3. The molecule has 22 heavy (non-hydrogen) atoms. The Morgan fingerprint density at radius 2 is 2.00 bits per heavy atom. The van der Waals surface area contributed by atoms with Crippen LogP contribution in [0.5, 0.6) is 5.75 Å². The lowest BCUT2D eigenvalue weighted by atomic mass is 10.1. The number of aryl methyl sites for hydroxylation is 1. The molecule has 0 amide bonds. The van der Waals surface area contributed by atoms with Crippen molar-refractivity contribution in [1.29, 1.82) is 0 Å². The minimum atomic E-state index is -3.35. The third kappa shape index (κ3) is 3.48. The monoisotopic (exact) mass is 321 g/mol. The first-order valence-corrected chi connectivity index (χ1v) is 8.51. The summed E-state index contributed by atoms with van der Waals surface area (Å²) in [5, 5.41) is 0. The number of aromatic nitrogens is 1. The predicted octanol–water partition coefficient (Wildman–Crippen LogP) is 1.95. The molecular formula is C15H19N3O3S. The summed E-state index contributed by atoms with van der Waals surface area (Å²) in [4.78, 5) is 3.96. The molecule has 0 saturated carbocycles. The van der Waals surface area contributed by atoms with E-state index in [4.69, 9.17) is 10.5 Å². The van der Waals surface area contributed by atoms with Crippen molar-refractivity contribution in [1.82, 2.24) is 4.98 Å². The Morgan fingerprint density at radius 3 is 2.64 bits per heavy atom. The zero-order valence-corrected chi connectivity index (χ0v) is 13.6. The van der Waals surface area contributed by atoms with Crippen molar-refractivity contribution < 1.29 is 13.2 Å². The Bertz CT molecular complexity index is 775. The molecule has 0 atom stereocenters. The van der Waals surface area contributed by atoms with Crippen LogP contribution in [0.1, 0.15) is 11.1 Å². The molecule has 0 aliphatic carbocycles. The first kappa shape index (κ1) is 16.1. The number of hydrogen-bond donors (Lipinski definition) is 1. The molecule has 2 aromatic rings. The molecule has 0 saturated heterocycles. The van der Waals surface area contributed by atoms with Crippen molar-refractivity contribution in [2.45, 2.75) is 13.5 Å². The number of pyridine rings is 1. The molecule has 7 heteroatoms. The van der Waals surface area contributed by atoms with E-state index >= 15 is 0 Å². The van der Waals surface area contributed by atoms with Crippen LogP contribution in [0.15, 0.2) is 36.5 Å². The molecule has 0 aliphatic rings. The van der Waals surface area contributed by atoms with Crippen molar-refractivity contribution in [2.24, 2.45) is 0 Å². The number of nitrogen functional groups attached to an aromatic ring is 1. The number of nitrogens with zero attached hydrogens (tertiary/aromatic N) is 2. The van der Waals surface area contributed by atoms with Gasteiger partial charge in [0.1, 0.15) is 6.61 Å². The summed E-state index contributed by atoms with van der Waals surface area (Å²) < 4.78 is 30.5. The van der Waals surface area contributed by atoms with Gasteiger partial charge in [-0.2, -0.15) is 0 Å². The summed E-state index contributed by atoms with van der Waals surface area (Å²) >= 11 is 0. The van der Waals surface area contributed by atoms with E-state index in [0.29, 0.717) is 17.3 Å². The van der Waals surface area contributed by atoms with Crippen molar-refractivity contribution in [3.8, 4) is 5.75 Å². The van der Waals surface area contributed by atoms with Gasteiger partial charge in [-0.15, -0.1) is 0 Å². The van der Waals surface area contributed by atoms with Gasteiger partial charge in [-0.25, -0.2) is 13.4 Å². The Morgan fingerprint density at radius 1 is 1.27 bits per heavy atom. The Labute approximate surface area is 130 Å². The van der Waals surface area contributed by atoms with Crippen LogP contribution in [0.25, 0.3) is 0 Å². The summed E-state index contributed by atoms with van der Waals surface area (Å²) in [6.45, 7) is 2.11. The number of benzene rings is 1. The van der Waals surface area contributed by atoms with Crippen molar-refractivity contribution >= 4 is 21.5 Å². The molecular weight excluding hydrogens is 302 g/mol. The molecule has 0 bridgehead atoms. The number of sulfonamides is 1. The second kappa shape index (κ2) is 6.23. The van der Waals surface area contributed by atoms with Gasteiger partial charge in [0, 0.05) is 18.8 Å². The fraction of sp³-hybridized carbons (Fsp3) is 0.267. The van der Waals surface area contributed by atoms with Crippen molar-refractivity contribution in [2.75, 3.05) is 23.3 Å². The maximum atomic E-state index is 11.8. The van der Waals surface area contributed by atoms with Gasteiger partial charge < -0.3 is 10.5 Å². The fourth-order valence-electron chi connectivity index (χ4n) is 2.02. The van der Waals surface area contributed by atoms with E-state index < -0.39 is 10.0 Å². The molecule has 1 aromatic carbocycles. The van der Waals surface area contributed by atoms with Gasteiger partial charge in [-0.3, -0.25) is 4.31 Å². The van der Waals surface area contributed by atoms with Crippen LogP contribution >= 0.6 is 0 Å². The standard InChI is InChI=1S/C15H19N3O3S/c1-11-6-4-7-13(18(2)22(3,19)20)12(11)10-21-14-8-5-9-17-15(14)16/h4-9H,10H2,1-3H3,(H2,16,17). The molecule has 0 unspecified atom stereocenters. The molecule has 2 rings (SSSR count). The molecule has 0 spiro atoms. The van der Waals surface area contributed by atoms with E-state index in [2.05, 4.69) is 4.98 Å². The highest BCUT2D eigenvalue weighted by Gasteiger charge is 2.17. The molecule has 0 aliphatic heterocycles. The SMILES string of the molecule is Cc1cccc(N(C)S(C)(=O)=O)c1COc1cccnc1N. The van der Waals surface area contributed by atoms with Crippen LogP contribution in [0, 0.1) is 6.92 Å². The Balaban J connectivity index is 2.33. The summed E-state index contributed by atoms with van der Waals surface area (Å²) in [6.07, 6.45) is 2.75. The van der Waals surface area contributed by atoms with Gasteiger partial charge in [-0.05, 0) is 30.7 Å². The second-order valence-electron chi connectivity index (χ2n) is 4.98. The zero-order valence-electron chi connectivity index (χ0n) is 12.8. The smallest absolute Gasteiger partial charge is 0.232 e. The summed E-state index contributed by atoms with van der Waals surface area (Å²) in [5.41, 5.74) is 8.07. The van der Waals surface area contributed by atoms with Gasteiger partial charge in [0.15, 0.2) is 11.6 Å². The number of rotatable bonds is 5. The molecule has 6 nitrogen and oxygen atoms in total. The van der Waals surface area contributed by atoms with Crippen LogP contribution in [0.3, 0.4) is 0 Å². The van der Waals surface area contributed by atoms with E-state index in [0.717, 1.165) is 11.1 Å². The first-order valence-electron chi connectivity index (χ1n) is 6.66. The van der Waals surface area contributed by atoms with Crippen LogP contribution < -0.4 is 14.8 Å². The quantitative estimate of drug-likeness (QED) is 0.909. The fourth-order valence-corrected chi connectivity index (χ4v) is 2.55. The normalized spacial score (nSPS) is 11.2. The van der Waals surface area contributed by atoms with E-state index in [-0.39, 0.29) is 6.61 Å². The topological polar surface area (TPSA) is 85.5 Å². The second-order valence-corrected chi connectivity index (χ2v) is 6.99. The molecule has 2 N–H and O–H groups in total. The lowest BCUT2D eigenvalue weighted by Gasteiger charge is -2.22. The van der Waals surface area contributed by atoms with E-state index in [1.807, 2.05) is 19.1 Å². The average Bonchev–Trinajstić information content (AvgIpc) is 2.45. The molecule has 0 fully saturated rings. The third-order valence-corrected chi connectivity index (χ3v) is 4.59. The van der Waals surface area contributed by atoms with Gasteiger partial charge in [0.05, 0.1) is 11.9 Å². The third-order valence-electron chi connectivity index (χ3n) is 3.39. The largest absolute Gasteiger partial charge is 0.485 e. The summed E-state index contributed by atoms with van der Waals surface area (Å²) in [7, 11) is -1.83. The molecule has 1 aromatic heterocycles. The van der Waals surface area contributed by atoms with Crippen LogP contribution in [0.4, 0.5) is 11.5 Å². The minimum Gasteiger partial charge on any atom is -0.485 e. The average molecular weight is 321 g/mol. The molecule has 0 radical (unpaired) electrons. The van der Waals surface area contributed by atoms with Crippen LogP contribution in [-0.2, 0) is 16.6 Å². The van der Waals surface area contributed by atoms with Crippen LogP contribution in [0.2, 0.25) is 0 Å². The summed E-state index contributed by atoms with van der Waals surface area (Å²) in [6, 6.07) is 8.92. The van der Waals surface area contributed by atoms with Gasteiger partial charge in [-0.1, -0.05) is 12.1 Å². The number of ether oxygens (including phenoxy) is 1. The van der Waals surface area contributed by atoms with E-state index in [9.17, 15) is 8.42 Å². The lowest BCUT2D eigenvalue weighted by molar-refractivity contribution is 0.306. The maximum Gasteiger partial charge on any atom is 0.232 e. The van der Waals surface area contributed by atoms with Gasteiger partial charge >= 0.3 is 0 Å². The van der Waals surface area contributed by atoms with Gasteiger partial charge in [0.2, 0.25) is 10.0 Å². The highest BCUT2D eigenvalue weighted by Crippen LogP contribution is 2.27. The van der Waals surface area contributed by atoms with Crippen molar-refractivity contribution in [3.63, 3.8) is 0 Å². The molecule has 1 heterocycles. The Kier molecular flexibility index (Phi) is 4.56. The highest BCUT2D eigenvalue weighted by molar-refractivity contribution is 7.92. The van der Waals surface area contributed by atoms with Gasteiger partial charge in [0.25, 0.3) is 0 Å². The van der Waals surface area contributed by atoms with Crippen LogP contribution in [-0.4, -0.2) is 26.7 Å². The maximum absolute atomic E-state index is 11.8. The number of hydrogen-bond acceptors (Lipinski definition) is 5. The van der Waals surface area contributed by atoms with E-state index in [1.165, 1.54) is 17.6 Å². The zero-order chi connectivity index (χ0) is 16.3. The van der Waals surface area contributed by atoms with E-state index in [1.54, 1.807) is 24.4 Å². The highest BCUT2D eigenvalue weighted by atomic mass is 32.2. The molecule has 118 valence electrons.